The smallest absolute Gasteiger partial charge is 0.0217 e. The van der Waals surface area contributed by atoms with Gasteiger partial charge in [0.25, 0.3) is 0 Å². The standard InChI is InChI=1S/C10H20N2/c1-12-7-3-2-4-10(12)8-11-9-5-6-9/h9-11H,2-8H2,1H3/t10-/m1/s1. The van der Waals surface area contributed by atoms with Crippen LogP contribution in [0.2, 0.25) is 0 Å². The highest BCUT2D eigenvalue weighted by atomic mass is 15.2. The molecular formula is C10H20N2. The van der Waals surface area contributed by atoms with E-state index in [9.17, 15) is 0 Å². The number of nitrogens with one attached hydrogen (secondary N) is 1. The number of likely N-dealkylation sites (tertiary alicyclic amines) is 1. The molecule has 1 aliphatic heterocycles. The zero-order chi connectivity index (χ0) is 8.39. The van der Waals surface area contributed by atoms with E-state index in [4.69, 9.17) is 0 Å². The first kappa shape index (κ1) is 8.52. The third kappa shape index (κ3) is 2.20. The fraction of sp³-hybridized carbons (Fsp3) is 1.00. The van der Waals surface area contributed by atoms with Gasteiger partial charge in [-0.15, -0.1) is 0 Å². The summed E-state index contributed by atoms with van der Waals surface area (Å²) >= 11 is 0. The molecule has 0 radical (unpaired) electrons. The number of hydrogen-bond acceptors (Lipinski definition) is 2. The van der Waals surface area contributed by atoms with E-state index in [1.807, 2.05) is 0 Å². The van der Waals surface area contributed by atoms with Crippen LogP contribution in [0.5, 0.6) is 0 Å². The van der Waals surface area contributed by atoms with E-state index in [1.54, 1.807) is 0 Å². The van der Waals surface area contributed by atoms with Gasteiger partial charge < -0.3 is 10.2 Å². The fourth-order valence-electron chi connectivity index (χ4n) is 1.99. The molecule has 0 unspecified atom stereocenters. The van der Waals surface area contributed by atoms with Gasteiger partial charge in [-0.2, -0.15) is 0 Å². The van der Waals surface area contributed by atoms with Crippen molar-refractivity contribution in [2.75, 3.05) is 20.1 Å². The molecule has 1 aliphatic carbocycles. The summed E-state index contributed by atoms with van der Waals surface area (Å²) < 4.78 is 0. The van der Waals surface area contributed by atoms with Crippen molar-refractivity contribution >= 4 is 0 Å². The monoisotopic (exact) mass is 168 g/mol. The lowest BCUT2D eigenvalue weighted by molar-refractivity contribution is 0.181. The first-order valence-corrected chi connectivity index (χ1v) is 5.30. The van der Waals surface area contributed by atoms with Crippen molar-refractivity contribution < 1.29 is 0 Å². The maximum Gasteiger partial charge on any atom is 0.0217 e. The topological polar surface area (TPSA) is 15.3 Å². The molecule has 1 N–H and O–H groups in total. The van der Waals surface area contributed by atoms with E-state index in [2.05, 4.69) is 17.3 Å². The summed E-state index contributed by atoms with van der Waals surface area (Å²) in [6, 6.07) is 1.69. The molecule has 0 aromatic heterocycles. The average Bonchev–Trinajstić information content (AvgIpc) is 2.86. The molecule has 2 aliphatic rings. The van der Waals surface area contributed by atoms with E-state index >= 15 is 0 Å². The van der Waals surface area contributed by atoms with Gasteiger partial charge in [-0.3, -0.25) is 0 Å². The predicted octanol–water partition coefficient (Wildman–Crippen LogP) is 1.22. The first-order valence-electron chi connectivity index (χ1n) is 5.30. The second-order valence-electron chi connectivity index (χ2n) is 4.31. The summed E-state index contributed by atoms with van der Waals surface area (Å²) in [7, 11) is 2.26. The zero-order valence-electron chi connectivity index (χ0n) is 8.05. The van der Waals surface area contributed by atoms with Crippen LogP contribution >= 0.6 is 0 Å². The molecule has 0 amide bonds. The van der Waals surface area contributed by atoms with Crippen molar-refractivity contribution in [3.05, 3.63) is 0 Å². The van der Waals surface area contributed by atoms with E-state index in [-0.39, 0.29) is 0 Å². The minimum absolute atomic E-state index is 0.819. The molecule has 0 aromatic carbocycles. The minimum Gasteiger partial charge on any atom is -0.312 e. The van der Waals surface area contributed by atoms with Crippen LogP contribution in [0.25, 0.3) is 0 Å². The Hall–Kier alpha value is -0.0800. The van der Waals surface area contributed by atoms with Gasteiger partial charge in [0, 0.05) is 18.6 Å². The van der Waals surface area contributed by atoms with Gasteiger partial charge in [-0.25, -0.2) is 0 Å². The van der Waals surface area contributed by atoms with Crippen LogP contribution in [0.4, 0.5) is 0 Å². The van der Waals surface area contributed by atoms with Gasteiger partial charge in [0.05, 0.1) is 0 Å². The lowest BCUT2D eigenvalue weighted by Gasteiger charge is -2.32. The summed E-state index contributed by atoms with van der Waals surface area (Å²) in [5.41, 5.74) is 0. The third-order valence-electron chi connectivity index (χ3n) is 3.14. The van der Waals surface area contributed by atoms with Gasteiger partial charge in [0.1, 0.15) is 0 Å². The SMILES string of the molecule is CN1CCCC[C@@H]1CNC1CC1. The van der Waals surface area contributed by atoms with Gasteiger partial charge in [-0.05, 0) is 39.3 Å². The van der Waals surface area contributed by atoms with Crippen molar-refractivity contribution in [1.29, 1.82) is 0 Å². The maximum atomic E-state index is 3.62. The lowest BCUT2D eigenvalue weighted by Crippen LogP contribution is -2.43. The molecule has 12 heavy (non-hydrogen) atoms. The Morgan fingerprint density at radius 3 is 2.75 bits per heavy atom. The number of nitrogens with zero attached hydrogens (tertiary/aromatic N) is 1. The predicted molar refractivity (Wildman–Crippen MR) is 51.3 cm³/mol. The highest BCUT2D eigenvalue weighted by molar-refractivity contribution is 4.84. The minimum atomic E-state index is 0.819. The van der Waals surface area contributed by atoms with Gasteiger partial charge in [-0.1, -0.05) is 6.42 Å². The summed E-state index contributed by atoms with van der Waals surface area (Å²) in [4.78, 5) is 2.51. The molecule has 0 spiro atoms. The summed E-state index contributed by atoms with van der Waals surface area (Å²) in [6.07, 6.45) is 7.06. The van der Waals surface area contributed by atoms with Crippen LogP contribution in [0.15, 0.2) is 0 Å². The van der Waals surface area contributed by atoms with Gasteiger partial charge >= 0.3 is 0 Å². The molecule has 0 bridgehead atoms. The Morgan fingerprint density at radius 1 is 1.25 bits per heavy atom. The quantitative estimate of drug-likeness (QED) is 0.681. The number of hydrogen-bond donors (Lipinski definition) is 1. The van der Waals surface area contributed by atoms with E-state index < -0.39 is 0 Å². The molecule has 2 heteroatoms. The zero-order valence-corrected chi connectivity index (χ0v) is 8.05. The lowest BCUT2D eigenvalue weighted by atomic mass is 10.0. The Balaban J connectivity index is 1.68. The molecule has 1 saturated heterocycles. The Kier molecular flexibility index (Phi) is 2.66. The van der Waals surface area contributed by atoms with Crippen LogP contribution in [0, 0.1) is 0 Å². The van der Waals surface area contributed by atoms with Crippen LogP contribution in [-0.4, -0.2) is 37.1 Å². The summed E-state index contributed by atoms with van der Waals surface area (Å²) in [5, 5.41) is 3.62. The highest BCUT2D eigenvalue weighted by Gasteiger charge is 2.24. The highest BCUT2D eigenvalue weighted by Crippen LogP contribution is 2.20. The van der Waals surface area contributed by atoms with Crippen LogP contribution < -0.4 is 5.32 Å². The molecule has 2 nitrogen and oxygen atoms in total. The molecule has 2 fully saturated rings. The van der Waals surface area contributed by atoms with Crippen molar-refractivity contribution in [1.82, 2.24) is 10.2 Å². The maximum absolute atomic E-state index is 3.62. The second kappa shape index (κ2) is 3.75. The van der Waals surface area contributed by atoms with E-state index in [0.29, 0.717) is 0 Å². The Morgan fingerprint density at radius 2 is 2.08 bits per heavy atom. The van der Waals surface area contributed by atoms with Gasteiger partial charge in [0.2, 0.25) is 0 Å². The molecule has 1 saturated carbocycles. The molecule has 1 atom stereocenters. The van der Waals surface area contributed by atoms with E-state index in [0.717, 1.165) is 12.1 Å². The fourth-order valence-corrected chi connectivity index (χ4v) is 1.99. The summed E-state index contributed by atoms with van der Waals surface area (Å²) in [6.45, 7) is 2.53. The normalized spacial score (nSPS) is 32.2. The number of likely N-dealkylation sites (N-methyl/N-ethyl adjacent to an activating group) is 1. The van der Waals surface area contributed by atoms with Crippen LogP contribution in [0.1, 0.15) is 32.1 Å². The van der Waals surface area contributed by atoms with E-state index in [1.165, 1.54) is 45.2 Å². The van der Waals surface area contributed by atoms with Crippen LogP contribution in [-0.2, 0) is 0 Å². The Labute approximate surface area is 75.3 Å². The van der Waals surface area contributed by atoms with Crippen molar-refractivity contribution in [3.8, 4) is 0 Å². The average molecular weight is 168 g/mol. The van der Waals surface area contributed by atoms with Crippen molar-refractivity contribution in [2.45, 2.75) is 44.2 Å². The van der Waals surface area contributed by atoms with Gasteiger partial charge in [0.15, 0.2) is 0 Å². The largest absolute Gasteiger partial charge is 0.312 e. The first-order chi connectivity index (χ1) is 5.86. The summed E-state index contributed by atoms with van der Waals surface area (Å²) in [5.74, 6) is 0. The third-order valence-corrected chi connectivity index (χ3v) is 3.14. The van der Waals surface area contributed by atoms with Crippen molar-refractivity contribution in [2.24, 2.45) is 0 Å². The Bertz CT molecular complexity index is 143. The molecule has 70 valence electrons. The molecular weight excluding hydrogens is 148 g/mol. The molecule has 0 aromatic rings. The number of rotatable bonds is 3. The molecule has 2 rings (SSSR count). The number of piperidine rings is 1. The molecule has 1 heterocycles. The second-order valence-corrected chi connectivity index (χ2v) is 4.31. The van der Waals surface area contributed by atoms with Crippen molar-refractivity contribution in [3.63, 3.8) is 0 Å². The van der Waals surface area contributed by atoms with Crippen LogP contribution in [0.3, 0.4) is 0 Å².